The Kier molecular flexibility index (Phi) is 5.55. The Labute approximate surface area is 180 Å². The lowest BCUT2D eigenvalue weighted by molar-refractivity contribution is -0.124. The van der Waals surface area contributed by atoms with Crippen LogP contribution < -0.4 is 11.1 Å². The Morgan fingerprint density at radius 3 is 2.70 bits per heavy atom. The zero-order valence-electron chi connectivity index (χ0n) is 16.7. The molecule has 4 rings (SSSR count). The lowest BCUT2D eigenvalue weighted by Gasteiger charge is -2.35. The van der Waals surface area contributed by atoms with Gasteiger partial charge in [-0.15, -0.1) is 0 Å². The third-order valence-corrected chi connectivity index (χ3v) is 5.59. The standard InChI is InChI=1S/C22H24ClN5O2/c1-2-27-21(30)19(25-12-15-8-9-18(29)17(23)11-15)20(24)28-13-16(26-22(27)28)10-14-6-4-3-5-7-14/h3-9,11,16,25,29H,2,10,12-13,24H2,1H3/t16-/m1/s1. The smallest absolute Gasteiger partial charge is 0.280 e. The van der Waals surface area contributed by atoms with Gasteiger partial charge < -0.3 is 16.2 Å². The first-order chi connectivity index (χ1) is 14.5. The van der Waals surface area contributed by atoms with Crippen LogP contribution in [0.25, 0.3) is 0 Å². The van der Waals surface area contributed by atoms with Crippen LogP contribution in [0, 0.1) is 0 Å². The third-order valence-electron chi connectivity index (χ3n) is 5.29. The number of fused-ring (bicyclic) bond motifs is 1. The molecule has 8 heteroatoms. The third kappa shape index (κ3) is 3.80. The van der Waals surface area contributed by atoms with Crippen LogP contribution in [0.4, 0.5) is 0 Å². The number of carbonyl (C=O) groups is 1. The highest BCUT2D eigenvalue weighted by Gasteiger charge is 2.40. The molecule has 30 heavy (non-hydrogen) atoms. The lowest BCUT2D eigenvalue weighted by Crippen LogP contribution is -2.54. The second-order valence-electron chi connectivity index (χ2n) is 7.33. The summed E-state index contributed by atoms with van der Waals surface area (Å²) < 4.78 is 0. The summed E-state index contributed by atoms with van der Waals surface area (Å²) in [6.45, 7) is 3.39. The van der Waals surface area contributed by atoms with E-state index in [-0.39, 0.29) is 22.7 Å². The van der Waals surface area contributed by atoms with Gasteiger partial charge in [0.05, 0.1) is 17.6 Å². The highest BCUT2D eigenvalue weighted by molar-refractivity contribution is 6.32. The van der Waals surface area contributed by atoms with Crippen molar-refractivity contribution in [1.29, 1.82) is 0 Å². The molecule has 0 aliphatic carbocycles. The molecule has 1 atom stereocenters. The summed E-state index contributed by atoms with van der Waals surface area (Å²) >= 11 is 5.98. The molecule has 0 radical (unpaired) electrons. The summed E-state index contributed by atoms with van der Waals surface area (Å²) in [7, 11) is 0. The molecular weight excluding hydrogens is 402 g/mol. The van der Waals surface area contributed by atoms with E-state index >= 15 is 0 Å². The van der Waals surface area contributed by atoms with E-state index in [1.54, 1.807) is 17.0 Å². The normalized spacial score (nSPS) is 18.5. The summed E-state index contributed by atoms with van der Waals surface area (Å²) in [5.74, 6) is 0.811. The molecular formula is C22H24ClN5O2. The minimum absolute atomic E-state index is 0.0208. The van der Waals surface area contributed by atoms with Crippen LogP contribution in [-0.2, 0) is 17.8 Å². The number of halogens is 1. The highest BCUT2D eigenvalue weighted by atomic mass is 35.5. The fourth-order valence-electron chi connectivity index (χ4n) is 3.76. The Balaban J connectivity index is 1.55. The number of aromatic hydroxyl groups is 1. The van der Waals surface area contributed by atoms with Gasteiger partial charge in [-0.3, -0.25) is 14.6 Å². The second-order valence-corrected chi connectivity index (χ2v) is 7.74. The van der Waals surface area contributed by atoms with Gasteiger partial charge in [0.1, 0.15) is 17.3 Å². The number of guanidine groups is 1. The molecule has 2 aliphatic rings. The fourth-order valence-corrected chi connectivity index (χ4v) is 3.96. The quantitative estimate of drug-likeness (QED) is 0.660. The molecule has 0 saturated heterocycles. The first-order valence-electron chi connectivity index (χ1n) is 9.90. The van der Waals surface area contributed by atoms with E-state index in [0.29, 0.717) is 37.1 Å². The van der Waals surface area contributed by atoms with Crippen LogP contribution in [-0.4, -0.2) is 45.9 Å². The van der Waals surface area contributed by atoms with Gasteiger partial charge in [-0.05, 0) is 36.6 Å². The molecule has 2 aromatic rings. The first kappa shape index (κ1) is 20.1. The maximum atomic E-state index is 13.1. The Bertz CT molecular complexity index is 1020. The number of nitrogens with zero attached hydrogens (tertiary/aromatic N) is 3. The molecule has 0 aromatic heterocycles. The summed E-state index contributed by atoms with van der Waals surface area (Å²) in [5.41, 5.74) is 8.77. The Morgan fingerprint density at radius 1 is 1.23 bits per heavy atom. The van der Waals surface area contributed by atoms with Crippen molar-refractivity contribution in [2.24, 2.45) is 10.7 Å². The molecule has 7 nitrogen and oxygen atoms in total. The van der Waals surface area contributed by atoms with Crippen LogP contribution in [0.3, 0.4) is 0 Å². The minimum Gasteiger partial charge on any atom is -0.506 e. The molecule has 0 fully saturated rings. The van der Waals surface area contributed by atoms with Gasteiger partial charge >= 0.3 is 0 Å². The van der Waals surface area contributed by atoms with Gasteiger partial charge in [0.15, 0.2) is 0 Å². The van der Waals surface area contributed by atoms with E-state index < -0.39 is 0 Å². The zero-order chi connectivity index (χ0) is 21.3. The number of nitrogens with two attached hydrogens (primary N) is 1. The monoisotopic (exact) mass is 425 g/mol. The summed E-state index contributed by atoms with van der Waals surface area (Å²) in [4.78, 5) is 21.4. The summed E-state index contributed by atoms with van der Waals surface area (Å²) in [6.07, 6.45) is 0.786. The van der Waals surface area contributed by atoms with E-state index in [4.69, 9.17) is 22.3 Å². The van der Waals surface area contributed by atoms with Gasteiger partial charge in [-0.25, -0.2) is 4.99 Å². The Morgan fingerprint density at radius 2 is 2.00 bits per heavy atom. The molecule has 0 unspecified atom stereocenters. The second kappa shape index (κ2) is 8.28. The van der Waals surface area contributed by atoms with Crippen LogP contribution in [0.1, 0.15) is 18.1 Å². The van der Waals surface area contributed by atoms with Crippen LogP contribution in [0.2, 0.25) is 5.02 Å². The maximum absolute atomic E-state index is 13.1. The van der Waals surface area contributed by atoms with Crippen molar-refractivity contribution in [2.45, 2.75) is 25.9 Å². The van der Waals surface area contributed by atoms with Crippen molar-refractivity contribution in [3.05, 3.63) is 76.2 Å². The first-order valence-corrected chi connectivity index (χ1v) is 10.3. The molecule has 2 heterocycles. The minimum atomic E-state index is -0.199. The van der Waals surface area contributed by atoms with E-state index in [9.17, 15) is 9.90 Å². The number of hydrogen-bond donors (Lipinski definition) is 3. The SMILES string of the molecule is CCN1C(=O)C(NCc2ccc(O)c(Cl)c2)=C(N)N2C[C@@H](Cc3ccccc3)N=C12. The molecule has 0 saturated carbocycles. The number of benzene rings is 2. The van der Waals surface area contributed by atoms with Gasteiger partial charge in [0, 0.05) is 13.1 Å². The predicted molar refractivity (Wildman–Crippen MR) is 117 cm³/mol. The van der Waals surface area contributed by atoms with Crippen LogP contribution in [0.15, 0.2) is 65.0 Å². The van der Waals surface area contributed by atoms with Crippen molar-refractivity contribution in [1.82, 2.24) is 15.1 Å². The molecule has 1 amide bonds. The number of likely N-dealkylation sites (N-methyl/N-ethyl adjacent to an activating group) is 1. The van der Waals surface area contributed by atoms with E-state index in [0.717, 1.165) is 12.0 Å². The predicted octanol–water partition coefficient (Wildman–Crippen LogP) is 2.41. The number of carbonyl (C=O) groups excluding carboxylic acids is 1. The number of nitrogens with one attached hydrogen (secondary N) is 1. The van der Waals surface area contributed by atoms with Gasteiger partial charge in [-0.1, -0.05) is 48.0 Å². The maximum Gasteiger partial charge on any atom is 0.280 e. The molecule has 4 N–H and O–H groups in total. The molecule has 156 valence electrons. The summed E-state index contributed by atoms with van der Waals surface area (Å²) in [5, 5.41) is 13.0. The van der Waals surface area contributed by atoms with Crippen molar-refractivity contribution in [3.8, 4) is 5.75 Å². The molecule has 2 aromatic carbocycles. The van der Waals surface area contributed by atoms with Crippen LogP contribution in [0.5, 0.6) is 5.75 Å². The lowest BCUT2D eigenvalue weighted by atomic mass is 10.1. The fraction of sp³-hybridized carbons (Fsp3) is 0.273. The van der Waals surface area contributed by atoms with Gasteiger partial charge in [0.2, 0.25) is 5.96 Å². The Hall–Kier alpha value is -3.19. The van der Waals surface area contributed by atoms with E-state index in [1.165, 1.54) is 11.6 Å². The number of phenolic OH excluding ortho intramolecular Hbond substituents is 1. The zero-order valence-corrected chi connectivity index (χ0v) is 17.4. The topological polar surface area (TPSA) is 94.2 Å². The molecule has 2 aliphatic heterocycles. The van der Waals surface area contributed by atoms with E-state index in [1.807, 2.05) is 30.0 Å². The largest absolute Gasteiger partial charge is 0.506 e. The van der Waals surface area contributed by atoms with Crippen molar-refractivity contribution < 1.29 is 9.90 Å². The van der Waals surface area contributed by atoms with Gasteiger partial charge in [0.25, 0.3) is 5.91 Å². The number of hydrogen-bond acceptors (Lipinski definition) is 6. The van der Waals surface area contributed by atoms with Crippen molar-refractivity contribution in [3.63, 3.8) is 0 Å². The molecule has 0 spiro atoms. The average Bonchev–Trinajstić information content (AvgIpc) is 3.15. The van der Waals surface area contributed by atoms with Crippen molar-refractivity contribution in [2.75, 3.05) is 13.1 Å². The van der Waals surface area contributed by atoms with E-state index in [2.05, 4.69) is 17.4 Å². The number of rotatable bonds is 6. The summed E-state index contributed by atoms with van der Waals surface area (Å²) in [6, 6.07) is 15.1. The molecule has 0 bridgehead atoms. The van der Waals surface area contributed by atoms with Crippen LogP contribution >= 0.6 is 11.6 Å². The number of aliphatic imine (C=N–C) groups is 1. The average molecular weight is 426 g/mol. The number of phenols is 1. The highest BCUT2D eigenvalue weighted by Crippen LogP contribution is 2.26. The van der Waals surface area contributed by atoms with Gasteiger partial charge in [-0.2, -0.15) is 0 Å². The number of amides is 1. The van der Waals surface area contributed by atoms with Crippen molar-refractivity contribution >= 4 is 23.5 Å².